The van der Waals surface area contributed by atoms with Gasteiger partial charge < -0.3 is 10.1 Å². The number of ether oxygens (including phenoxy) is 1. The molecule has 0 aliphatic rings. The molecule has 1 aromatic heterocycles. The molecular formula is C15H26N2O. The maximum absolute atomic E-state index is 5.70. The molecule has 0 amide bonds. The Morgan fingerprint density at radius 1 is 1.28 bits per heavy atom. The summed E-state index contributed by atoms with van der Waals surface area (Å²) in [7, 11) is 0. The van der Waals surface area contributed by atoms with Crippen molar-refractivity contribution in [2.75, 3.05) is 5.32 Å². The fourth-order valence-corrected chi connectivity index (χ4v) is 1.86. The lowest BCUT2D eigenvalue weighted by molar-refractivity contribution is 0.234. The van der Waals surface area contributed by atoms with E-state index in [4.69, 9.17) is 4.74 Å². The first-order chi connectivity index (χ1) is 8.63. The summed E-state index contributed by atoms with van der Waals surface area (Å²) in [5.74, 6) is 0.704. The van der Waals surface area contributed by atoms with E-state index in [9.17, 15) is 0 Å². The third-order valence-electron chi connectivity index (χ3n) is 2.76. The molecule has 18 heavy (non-hydrogen) atoms. The minimum Gasteiger partial charge on any atom is -0.473 e. The summed E-state index contributed by atoms with van der Waals surface area (Å²) >= 11 is 0. The molecule has 0 aromatic carbocycles. The van der Waals surface area contributed by atoms with Crippen molar-refractivity contribution in [2.45, 2.75) is 65.5 Å². The maximum Gasteiger partial charge on any atom is 0.237 e. The van der Waals surface area contributed by atoms with Crippen LogP contribution in [0, 0.1) is 0 Å². The Balaban J connectivity index is 2.54. The summed E-state index contributed by atoms with van der Waals surface area (Å²) in [6.45, 7) is 8.47. The Labute approximate surface area is 111 Å². The normalized spacial score (nSPS) is 12.5. The fourth-order valence-electron chi connectivity index (χ4n) is 1.86. The van der Waals surface area contributed by atoms with Crippen LogP contribution in [0.4, 0.5) is 5.69 Å². The second kappa shape index (κ2) is 7.96. The van der Waals surface area contributed by atoms with Crippen molar-refractivity contribution >= 4 is 5.69 Å². The Morgan fingerprint density at radius 3 is 2.72 bits per heavy atom. The van der Waals surface area contributed by atoms with Gasteiger partial charge in [-0.15, -0.1) is 0 Å². The SMILES string of the molecule is CCCCCC(C)Nc1cccnc1OC(C)C. The zero-order valence-corrected chi connectivity index (χ0v) is 12.1. The van der Waals surface area contributed by atoms with Crippen molar-refractivity contribution in [1.82, 2.24) is 4.98 Å². The van der Waals surface area contributed by atoms with Gasteiger partial charge in [-0.3, -0.25) is 0 Å². The smallest absolute Gasteiger partial charge is 0.237 e. The molecule has 1 aromatic rings. The van der Waals surface area contributed by atoms with Gasteiger partial charge in [-0.05, 0) is 39.3 Å². The average molecular weight is 250 g/mol. The number of nitrogens with one attached hydrogen (secondary N) is 1. The van der Waals surface area contributed by atoms with Gasteiger partial charge in [0.25, 0.3) is 0 Å². The van der Waals surface area contributed by atoms with E-state index in [0.717, 1.165) is 5.69 Å². The molecule has 0 radical (unpaired) electrons. The highest BCUT2D eigenvalue weighted by Gasteiger charge is 2.09. The van der Waals surface area contributed by atoms with E-state index in [2.05, 4.69) is 24.1 Å². The van der Waals surface area contributed by atoms with Crippen molar-refractivity contribution in [2.24, 2.45) is 0 Å². The van der Waals surface area contributed by atoms with Crippen molar-refractivity contribution < 1.29 is 4.74 Å². The molecule has 0 aliphatic heterocycles. The lowest BCUT2D eigenvalue weighted by Gasteiger charge is -2.18. The highest BCUT2D eigenvalue weighted by molar-refractivity contribution is 5.52. The summed E-state index contributed by atoms with van der Waals surface area (Å²) in [6, 6.07) is 4.42. The van der Waals surface area contributed by atoms with E-state index in [-0.39, 0.29) is 6.10 Å². The third kappa shape index (κ3) is 5.39. The molecule has 0 saturated heterocycles. The van der Waals surface area contributed by atoms with Crippen LogP contribution in [0.2, 0.25) is 0 Å². The molecular weight excluding hydrogens is 224 g/mol. The van der Waals surface area contributed by atoms with Gasteiger partial charge in [0.1, 0.15) is 0 Å². The Morgan fingerprint density at radius 2 is 2.06 bits per heavy atom. The van der Waals surface area contributed by atoms with Gasteiger partial charge in [0, 0.05) is 12.2 Å². The molecule has 1 atom stereocenters. The van der Waals surface area contributed by atoms with Crippen LogP contribution in [0.5, 0.6) is 5.88 Å². The zero-order chi connectivity index (χ0) is 13.4. The van der Waals surface area contributed by atoms with Gasteiger partial charge in [-0.2, -0.15) is 0 Å². The molecule has 0 bridgehead atoms. The molecule has 0 fully saturated rings. The maximum atomic E-state index is 5.70. The third-order valence-corrected chi connectivity index (χ3v) is 2.76. The van der Waals surface area contributed by atoms with E-state index in [1.165, 1.54) is 25.7 Å². The van der Waals surface area contributed by atoms with Crippen LogP contribution in [0.15, 0.2) is 18.3 Å². The first-order valence-electron chi connectivity index (χ1n) is 7.01. The highest BCUT2D eigenvalue weighted by Crippen LogP contribution is 2.23. The standard InChI is InChI=1S/C15H26N2O/c1-5-6-7-9-13(4)17-14-10-8-11-16-15(14)18-12(2)3/h8,10-13,17H,5-7,9H2,1-4H3. The largest absolute Gasteiger partial charge is 0.473 e. The molecule has 1 unspecified atom stereocenters. The number of pyridine rings is 1. The number of hydrogen-bond acceptors (Lipinski definition) is 3. The number of rotatable bonds is 8. The highest BCUT2D eigenvalue weighted by atomic mass is 16.5. The Bertz CT molecular complexity index is 339. The Hall–Kier alpha value is -1.25. The average Bonchev–Trinajstić information content (AvgIpc) is 2.31. The van der Waals surface area contributed by atoms with Crippen LogP contribution in [-0.4, -0.2) is 17.1 Å². The molecule has 1 N–H and O–H groups in total. The summed E-state index contributed by atoms with van der Waals surface area (Å²) < 4.78 is 5.70. The first-order valence-corrected chi connectivity index (χ1v) is 7.01. The molecule has 3 heteroatoms. The fraction of sp³-hybridized carbons (Fsp3) is 0.667. The zero-order valence-electron chi connectivity index (χ0n) is 12.1. The van der Waals surface area contributed by atoms with Crippen molar-refractivity contribution in [3.8, 4) is 5.88 Å². The molecule has 102 valence electrons. The summed E-state index contributed by atoms with van der Waals surface area (Å²) in [4.78, 5) is 4.28. The van der Waals surface area contributed by atoms with E-state index in [0.29, 0.717) is 11.9 Å². The monoisotopic (exact) mass is 250 g/mol. The molecule has 1 rings (SSSR count). The molecule has 0 spiro atoms. The van der Waals surface area contributed by atoms with E-state index in [1.807, 2.05) is 26.0 Å². The first kappa shape index (κ1) is 14.8. The topological polar surface area (TPSA) is 34.2 Å². The van der Waals surface area contributed by atoms with Crippen LogP contribution in [0.1, 0.15) is 53.4 Å². The summed E-state index contributed by atoms with van der Waals surface area (Å²) in [6.07, 6.45) is 6.94. The number of nitrogens with zero attached hydrogens (tertiary/aromatic N) is 1. The molecule has 3 nitrogen and oxygen atoms in total. The second-order valence-corrected chi connectivity index (χ2v) is 5.06. The van der Waals surface area contributed by atoms with Crippen LogP contribution < -0.4 is 10.1 Å². The molecule has 0 saturated carbocycles. The van der Waals surface area contributed by atoms with Crippen LogP contribution in [0.3, 0.4) is 0 Å². The van der Waals surface area contributed by atoms with Gasteiger partial charge >= 0.3 is 0 Å². The van der Waals surface area contributed by atoms with Gasteiger partial charge in [0.15, 0.2) is 0 Å². The van der Waals surface area contributed by atoms with Crippen LogP contribution in [0.25, 0.3) is 0 Å². The van der Waals surface area contributed by atoms with Crippen molar-refractivity contribution in [3.05, 3.63) is 18.3 Å². The van der Waals surface area contributed by atoms with Crippen LogP contribution in [-0.2, 0) is 0 Å². The number of hydrogen-bond donors (Lipinski definition) is 1. The van der Waals surface area contributed by atoms with Gasteiger partial charge in [0.05, 0.1) is 11.8 Å². The summed E-state index contributed by atoms with van der Waals surface area (Å²) in [5.41, 5.74) is 0.996. The van der Waals surface area contributed by atoms with Crippen molar-refractivity contribution in [3.63, 3.8) is 0 Å². The number of anilines is 1. The van der Waals surface area contributed by atoms with E-state index >= 15 is 0 Å². The second-order valence-electron chi connectivity index (χ2n) is 5.06. The van der Waals surface area contributed by atoms with Crippen molar-refractivity contribution in [1.29, 1.82) is 0 Å². The Kier molecular flexibility index (Phi) is 6.55. The van der Waals surface area contributed by atoms with Gasteiger partial charge in [-0.25, -0.2) is 4.98 Å². The predicted molar refractivity (Wildman–Crippen MR) is 77.2 cm³/mol. The quantitative estimate of drug-likeness (QED) is 0.700. The molecule has 1 heterocycles. The van der Waals surface area contributed by atoms with Crippen LogP contribution >= 0.6 is 0 Å². The van der Waals surface area contributed by atoms with E-state index < -0.39 is 0 Å². The number of unbranched alkanes of at least 4 members (excludes halogenated alkanes) is 2. The molecule has 0 aliphatic carbocycles. The lowest BCUT2D eigenvalue weighted by Crippen LogP contribution is -2.17. The van der Waals surface area contributed by atoms with Gasteiger partial charge in [-0.1, -0.05) is 26.2 Å². The number of aromatic nitrogens is 1. The predicted octanol–water partition coefficient (Wildman–Crippen LogP) is 4.25. The van der Waals surface area contributed by atoms with E-state index in [1.54, 1.807) is 6.20 Å². The van der Waals surface area contributed by atoms with Gasteiger partial charge in [0.2, 0.25) is 5.88 Å². The lowest BCUT2D eigenvalue weighted by atomic mass is 10.1. The minimum absolute atomic E-state index is 0.149. The summed E-state index contributed by atoms with van der Waals surface area (Å²) in [5, 5.41) is 3.49. The minimum atomic E-state index is 0.149.